The Morgan fingerprint density at radius 1 is 1.41 bits per heavy atom. The van der Waals surface area contributed by atoms with Crippen molar-refractivity contribution in [1.82, 2.24) is 5.32 Å². The van der Waals surface area contributed by atoms with E-state index in [9.17, 15) is 5.11 Å². The highest BCUT2D eigenvalue weighted by Crippen LogP contribution is 2.10. The lowest BCUT2D eigenvalue weighted by atomic mass is 10.0. The van der Waals surface area contributed by atoms with Crippen molar-refractivity contribution >= 4 is 0 Å². The minimum absolute atomic E-state index is 0.268. The molecule has 0 fully saturated rings. The largest absolute Gasteiger partial charge is 0.392 e. The molecule has 0 spiro atoms. The third-order valence-corrected chi connectivity index (χ3v) is 2.91. The van der Waals surface area contributed by atoms with Crippen LogP contribution in [0.3, 0.4) is 0 Å². The summed E-state index contributed by atoms with van der Waals surface area (Å²) in [6.45, 7) is 7.31. The molecule has 1 aromatic rings. The van der Waals surface area contributed by atoms with Crippen LogP contribution in [-0.4, -0.2) is 17.8 Å². The average Bonchev–Trinajstić information content (AvgIpc) is 2.30. The number of aliphatic hydroxyl groups excluding tert-OH is 1. The Hall–Kier alpha value is -1.37. The van der Waals surface area contributed by atoms with E-state index in [2.05, 4.69) is 11.4 Å². The summed E-state index contributed by atoms with van der Waals surface area (Å²) in [6.07, 6.45) is -0.311. The minimum atomic E-state index is -0.311. The van der Waals surface area contributed by atoms with Crippen LogP contribution in [0.1, 0.15) is 30.5 Å². The number of rotatable bonds is 5. The van der Waals surface area contributed by atoms with E-state index in [4.69, 9.17) is 5.26 Å². The molecule has 0 radical (unpaired) electrons. The number of nitriles is 1. The van der Waals surface area contributed by atoms with Crippen molar-refractivity contribution in [1.29, 1.82) is 5.26 Å². The molecule has 3 heteroatoms. The molecule has 0 aliphatic heterocycles. The third-order valence-electron chi connectivity index (χ3n) is 2.91. The van der Waals surface area contributed by atoms with Gasteiger partial charge in [-0.15, -0.1) is 0 Å². The van der Waals surface area contributed by atoms with Gasteiger partial charge in [-0.25, -0.2) is 0 Å². The number of nitrogens with zero attached hydrogens (tertiary/aromatic N) is 1. The van der Waals surface area contributed by atoms with Gasteiger partial charge in [0, 0.05) is 13.1 Å². The lowest BCUT2D eigenvalue weighted by molar-refractivity contribution is 0.123. The number of nitrogens with one attached hydrogen (secondary N) is 1. The minimum Gasteiger partial charge on any atom is -0.392 e. The highest BCUT2D eigenvalue weighted by atomic mass is 16.3. The summed E-state index contributed by atoms with van der Waals surface area (Å²) in [4.78, 5) is 0. The Balaban J connectivity index is 2.50. The number of aliphatic hydroxyl groups is 1. The zero-order valence-corrected chi connectivity index (χ0v) is 10.7. The average molecular weight is 232 g/mol. The van der Waals surface area contributed by atoms with Crippen LogP contribution in [0.2, 0.25) is 0 Å². The van der Waals surface area contributed by atoms with Crippen molar-refractivity contribution in [3.05, 3.63) is 34.9 Å². The van der Waals surface area contributed by atoms with Crippen molar-refractivity contribution in [2.45, 2.75) is 33.4 Å². The number of hydrogen-bond acceptors (Lipinski definition) is 3. The quantitative estimate of drug-likeness (QED) is 0.816. The van der Waals surface area contributed by atoms with Crippen LogP contribution >= 0.6 is 0 Å². The lowest BCUT2D eigenvalue weighted by Gasteiger charge is -2.15. The second-order valence-electron chi connectivity index (χ2n) is 4.70. The van der Waals surface area contributed by atoms with E-state index in [-0.39, 0.29) is 12.0 Å². The van der Waals surface area contributed by atoms with Crippen LogP contribution in [-0.2, 0) is 6.54 Å². The molecule has 0 bridgehead atoms. The second-order valence-corrected chi connectivity index (χ2v) is 4.70. The Labute approximate surface area is 103 Å². The summed E-state index contributed by atoms with van der Waals surface area (Å²) in [6, 6.07) is 7.79. The smallest absolute Gasteiger partial charge is 0.0991 e. The zero-order chi connectivity index (χ0) is 12.8. The van der Waals surface area contributed by atoms with Gasteiger partial charge in [-0.3, -0.25) is 0 Å². The van der Waals surface area contributed by atoms with Gasteiger partial charge in [0.2, 0.25) is 0 Å². The Morgan fingerprint density at radius 2 is 2.12 bits per heavy atom. The molecule has 3 nitrogen and oxygen atoms in total. The number of aryl methyl sites for hydroxylation is 1. The molecule has 2 N–H and O–H groups in total. The van der Waals surface area contributed by atoms with Gasteiger partial charge in [-0.05, 0) is 36.1 Å². The van der Waals surface area contributed by atoms with Crippen molar-refractivity contribution in [2.75, 3.05) is 6.54 Å². The molecule has 1 atom stereocenters. The first-order valence-corrected chi connectivity index (χ1v) is 5.93. The Bertz CT molecular complexity index is 407. The fourth-order valence-electron chi connectivity index (χ4n) is 1.55. The van der Waals surface area contributed by atoms with Crippen molar-refractivity contribution < 1.29 is 5.11 Å². The second kappa shape index (κ2) is 6.39. The molecule has 92 valence electrons. The van der Waals surface area contributed by atoms with E-state index in [1.165, 1.54) is 5.56 Å². The first kappa shape index (κ1) is 13.7. The molecule has 0 saturated heterocycles. The normalized spacial score (nSPS) is 12.5. The van der Waals surface area contributed by atoms with Gasteiger partial charge in [0.25, 0.3) is 0 Å². The molecular formula is C14H20N2O. The predicted molar refractivity (Wildman–Crippen MR) is 68.4 cm³/mol. The summed E-state index contributed by atoms with van der Waals surface area (Å²) in [5.41, 5.74) is 2.96. The lowest BCUT2D eigenvalue weighted by Crippen LogP contribution is -2.30. The van der Waals surface area contributed by atoms with Crippen LogP contribution in [0.4, 0.5) is 0 Å². The summed E-state index contributed by atoms with van der Waals surface area (Å²) >= 11 is 0. The van der Waals surface area contributed by atoms with Crippen LogP contribution in [0.25, 0.3) is 0 Å². The zero-order valence-electron chi connectivity index (χ0n) is 10.7. The predicted octanol–water partition coefficient (Wildman–Crippen LogP) is 1.97. The standard InChI is InChI=1S/C14H20N2O/c1-10(2)14(17)9-16-8-13-5-4-12(7-15)6-11(13)3/h4-6,10,14,16-17H,8-9H2,1-3H3. The molecule has 1 unspecified atom stereocenters. The monoisotopic (exact) mass is 232 g/mol. The van der Waals surface area contributed by atoms with Crippen molar-refractivity contribution in [2.24, 2.45) is 5.92 Å². The fourth-order valence-corrected chi connectivity index (χ4v) is 1.55. The first-order chi connectivity index (χ1) is 8.04. The molecule has 0 aromatic heterocycles. The molecule has 0 amide bonds. The summed E-state index contributed by atoms with van der Waals surface area (Å²) < 4.78 is 0. The molecule has 1 aromatic carbocycles. The SMILES string of the molecule is Cc1cc(C#N)ccc1CNCC(O)C(C)C. The van der Waals surface area contributed by atoms with Gasteiger partial charge >= 0.3 is 0 Å². The number of hydrogen-bond donors (Lipinski definition) is 2. The first-order valence-electron chi connectivity index (χ1n) is 5.93. The molecule has 0 heterocycles. The van der Waals surface area contributed by atoms with Crippen LogP contribution in [0, 0.1) is 24.2 Å². The van der Waals surface area contributed by atoms with Crippen LogP contribution in [0.5, 0.6) is 0 Å². The van der Waals surface area contributed by atoms with Crippen LogP contribution < -0.4 is 5.32 Å². The van der Waals surface area contributed by atoms with Gasteiger partial charge in [-0.2, -0.15) is 5.26 Å². The Kier molecular flexibility index (Phi) is 5.14. The van der Waals surface area contributed by atoms with E-state index in [0.29, 0.717) is 12.1 Å². The van der Waals surface area contributed by atoms with Gasteiger partial charge in [-0.1, -0.05) is 19.9 Å². The highest BCUT2D eigenvalue weighted by molar-refractivity contribution is 5.37. The Morgan fingerprint density at radius 3 is 2.65 bits per heavy atom. The summed E-state index contributed by atoms with van der Waals surface area (Å²) in [7, 11) is 0. The fraction of sp³-hybridized carbons (Fsp3) is 0.500. The van der Waals surface area contributed by atoms with Crippen molar-refractivity contribution in [3.63, 3.8) is 0 Å². The van der Waals surface area contributed by atoms with Gasteiger partial charge < -0.3 is 10.4 Å². The third kappa shape index (κ3) is 4.18. The summed E-state index contributed by atoms with van der Waals surface area (Å²) in [5, 5.41) is 21.6. The van der Waals surface area contributed by atoms with Gasteiger partial charge in [0.15, 0.2) is 0 Å². The maximum Gasteiger partial charge on any atom is 0.0991 e. The maximum absolute atomic E-state index is 9.65. The van der Waals surface area contributed by atoms with Crippen molar-refractivity contribution in [3.8, 4) is 6.07 Å². The molecular weight excluding hydrogens is 212 g/mol. The molecule has 0 saturated carbocycles. The highest BCUT2D eigenvalue weighted by Gasteiger charge is 2.08. The molecule has 1 rings (SSSR count). The van der Waals surface area contributed by atoms with E-state index in [0.717, 1.165) is 12.1 Å². The van der Waals surface area contributed by atoms with E-state index >= 15 is 0 Å². The topological polar surface area (TPSA) is 56.0 Å². The van der Waals surface area contributed by atoms with E-state index in [1.807, 2.05) is 39.0 Å². The molecule has 0 aliphatic carbocycles. The van der Waals surface area contributed by atoms with Crippen LogP contribution in [0.15, 0.2) is 18.2 Å². The number of benzene rings is 1. The van der Waals surface area contributed by atoms with E-state index < -0.39 is 0 Å². The molecule has 17 heavy (non-hydrogen) atoms. The van der Waals surface area contributed by atoms with Gasteiger partial charge in [0.1, 0.15) is 0 Å². The maximum atomic E-state index is 9.65. The molecule has 0 aliphatic rings. The van der Waals surface area contributed by atoms with Gasteiger partial charge in [0.05, 0.1) is 17.7 Å². The summed E-state index contributed by atoms with van der Waals surface area (Å²) in [5.74, 6) is 0.268. The van der Waals surface area contributed by atoms with E-state index in [1.54, 1.807) is 0 Å².